The molecule has 8 heavy (non-hydrogen) atoms. The van der Waals surface area contributed by atoms with Gasteiger partial charge in [0, 0.05) is 0 Å². The quantitative estimate of drug-likeness (QED) is 0.375. The average molecular weight is 223 g/mol. The molecule has 0 aliphatic heterocycles. The summed E-state index contributed by atoms with van der Waals surface area (Å²) in [5, 5.41) is 0. The Labute approximate surface area is 52.4 Å². The standard InChI is InChI=1S/5H2O.2O.Ru/h5*1H2;;;. The van der Waals surface area contributed by atoms with Crippen molar-refractivity contribution in [3.63, 3.8) is 0 Å². The molecule has 0 radical (unpaired) electrons. The van der Waals surface area contributed by atoms with Gasteiger partial charge in [0.2, 0.25) is 0 Å². The van der Waals surface area contributed by atoms with Crippen LogP contribution in [-0.2, 0) is 24.2 Å². The SMILES string of the molecule is O.O.O.O.O.[O]=[Ru]=[O]. The van der Waals surface area contributed by atoms with Crippen LogP contribution in [0.3, 0.4) is 0 Å². The summed E-state index contributed by atoms with van der Waals surface area (Å²) in [5.41, 5.74) is 0. The maximum absolute atomic E-state index is 8.46. The second-order valence-corrected chi connectivity index (χ2v) is 0.349. The molecule has 8 heteroatoms. The van der Waals surface area contributed by atoms with Crippen LogP contribution in [0.2, 0.25) is 0 Å². The van der Waals surface area contributed by atoms with E-state index >= 15 is 0 Å². The van der Waals surface area contributed by atoms with Gasteiger partial charge in [0.15, 0.2) is 0 Å². The van der Waals surface area contributed by atoms with Crippen LogP contribution in [0.5, 0.6) is 0 Å². The van der Waals surface area contributed by atoms with Gasteiger partial charge in [-0.3, -0.25) is 0 Å². The summed E-state index contributed by atoms with van der Waals surface area (Å²) in [6, 6.07) is 0. The van der Waals surface area contributed by atoms with Gasteiger partial charge in [-0.25, -0.2) is 0 Å². The van der Waals surface area contributed by atoms with Crippen LogP contribution >= 0.6 is 0 Å². The van der Waals surface area contributed by atoms with Crippen LogP contribution in [0.4, 0.5) is 0 Å². The van der Waals surface area contributed by atoms with Crippen molar-refractivity contribution in [2.24, 2.45) is 0 Å². The van der Waals surface area contributed by atoms with Gasteiger partial charge in [0.25, 0.3) is 0 Å². The molecule has 60 valence electrons. The molecule has 0 aromatic carbocycles. The average Bonchev–Trinajstić information content (AvgIpc) is 0.918. The Hall–Kier alpha value is 0.0234. The van der Waals surface area contributed by atoms with E-state index in [-0.39, 0.29) is 27.4 Å². The minimum atomic E-state index is -1.79. The molecule has 0 atom stereocenters. The topological polar surface area (TPSA) is 192 Å². The molecule has 7 nitrogen and oxygen atoms in total. The zero-order valence-corrected chi connectivity index (χ0v) is 5.41. The van der Waals surface area contributed by atoms with Crippen LogP contribution in [0, 0.1) is 0 Å². The first-order valence-electron chi connectivity index (χ1n) is 0.289. The second-order valence-electron chi connectivity index (χ2n) is 0.0589. The van der Waals surface area contributed by atoms with Crippen LogP contribution < -0.4 is 0 Å². The molecule has 10 N–H and O–H groups in total. The summed E-state index contributed by atoms with van der Waals surface area (Å²) >= 11 is -1.79. The van der Waals surface area contributed by atoms with Gasteiger partial charge >= 0.3 is 24.2 Å². The molecular formula is H10O7Ru. The molecule has 0 aliphatic rings. The third-order valence-corrected chi connectivity index (χ3v) is 0. The van der Waals surface area contributed by atoms with Crippen LogP contribution in [0.15, 0.2) is 0 Å². The van der Waals surface area contributed by atoms with E-state index in [1.807, 2.05) is 0 Å². The fourth-order valence-electron chi connectivity index (χ4n) is 0. The first-order valence-corrected chi connectivity index (χ1v) is 1.71. The Balaban J connectivity index is -0.00000000200. The summed E-state index contributed by atoms with van der Waals surface area (Å²) < 4.78 is 16.9. The molecule has 0 spiro atoms. The summed E-state index contributed by atoms with van der Waals surface area (Å²) in [6.45, 7) is 0. The van der Waals surface area contributed by atoms with Crippen molar-refractivity contribution in [2.45, 2.75) is 0 Å². The molecule has 0 rings (SSSR count). The van der Waals surface area contributed by atoms with Crippen molar-refractivity contribution in [3.8, 4) is 0 Å². The van der Waals surface area contributed by atoms with Crippen molar-refractivity contribution in [2.75, 3.05) is 0 Å². The number of hydrogen-bond donors (Lipinski definition) is 0. The first kappa shape index (κ1) is 96.7. The van der Waals surface area contributed by atoms with Crippen LogP contribution in [0.1, 0.15) is 0 Å². The van der Waals surface area contributed by atoms with Crippen LogP contribution in [0.25, 0.3) is 0 Å². The monoisotopic (exact) mass is 224 g/mol. The number of rotatable bonds is 0. The number of hydrogen-bond acceptors (Lipinski definition) is 2. The van der Waals surface area contributed by atoms with E-state index in [1.165, 1.54) is 0 Å². The van der Waals surface area contributed by atoms with E-state index in [1.54, 1.807) is 0 Å². The molecule has 0 saturated heterocycles. The van der Waals surface area contributed by atoms with E-state index in [0.717, 1.165) is 0 Å². The van der Waals surface area contributed by atoms with Crippen molar-refractivity contribution in [3.05, 3.63) is 0 Å². The summed E-state index contributed by atoms with van der Waals surface area (Å²) in [5.74, 6) is 0. The second kappa shape index (κ2) is 243. The van der Waals surface area contributed by atoms with Gasteiger partial charge in [0.1, 0.15) is 0 Å². The molecule has 0 bridgehead atoms. The Morgan fingerprint density at radius 3 is 0.625 bits per heavy atom. The van der Waals surface area contributed by atoms with Crippen molar-refractivity contribution >= 4 is 0 Å². The molecule has 0 fully saturated rings. The van der Waals surface area contributed by atoms with Gasteiger partial charge in [-0.2, -0.15) is 0 Å². The fraction of sp³-hybridized carbons (Fsp3) is 0. The van der Waals surface area contributed by atoms with E-state index < -0.39 is 17.0 Å². The molecular weight excluding hydrogens is 213 g/mol. The van der Waals surface area contributed by atoms with Gasteiger partial charge in [-0.1, -0.05) is 0 Å². The Kier molecular flexibility index (Phi) is 2940. The fourth-order valence-corrected chi connectivity index (χ4v) is 0. The minimum absolute atomic E-state index is 0. The molecule has 0 amide bonds. The maximum atomic E-state index is 8.46. The van der Waals surface area contributed by atoms with Crippen LogP contribution in [-0.4, -0.2) is 27.4 Å². The molecule has 0 heterocycles. The van der Waals surface area contributed by atoms with E-state index in [2.05, 4.69) is 0 Å². The Morgan fingerprint density at radius 1 is 0.625 bits per heavy atom. The third-order valence-electron chi connectivity index (χ3n) is 0. The first-order chi connectivity index (χ1) is 1.41. The normalized spacial score (nSPS) is 2.00. The van der Waals surface area contributed by atoms with E-state index in [9.17, 15) is 0 Å². The zero-order valence-electron chi connectivity index (χ0n) is 3.67. The van der Waals surface area contributed by atoms with Gasteiger partial charge in [-0.05, 0) is 0 Å². The molecule has 0 saturated carbocycles. The Bertz CT molecular complexity index is 25.4. The molecule has 0 unspecified atom stereocenters. The van der Waals surface area contributed by atoms with Crippen molar-refractivity contribution < 1.29 is 51.6 Å². The van der Waals surface area contributed by atoms with E-state index in [0.29, 0.717) is 0 Å². The molecule has 0 aromatic heterocycles. The van der Waals surface area contributed by atoms with E-state index in [4.69, 9.17) is 7.15 Å². The van der Waals surface area contributed by atoms with Gasteiger partial charge in [0.05, 0.1) is 0 Å². The predicted octanol–water partition coefficient (Wildman–Crippen LogP) is -4.36. The summed E-state index contributed by atoms with van der Waals surface area (Å²) in [6.07, 6.45) is 0. The van der Waals surface area contributed by atoms with Crippen molar-refractivity contribution in [1.82, 2.24) is 0 Å². The molecule has 0 aromatic rings. The molecule has 0 aliphatic carbocycles. The predicted molar refractivity (Wildman–Crippen MR) is 19.4 cm³/mol. The van der Waals surface area contributed by atoms with Gasteiger partial charge < -0.3 is 27.4 Å². The summed E-state index contributed by atoms with van der Waals surface area (Å²) in [7, 11) is 0. The van der Waals surface area contributed by atoms with Crippen molar-refractivity contribution in [1.29, 1.82) is 0 Å². The zero-order chi connectivity index (χ0) is 2.71. The Morgan fingerprint density at radius 2 is 0.625 bits per heavy atom. The van der Waals surface area contributed by atoms with Gasteiger partial charge in [-0.15, -0.1) is 0 Å². The third kappa shape index (κ3) is 278000. The summed E-state index contributed by atoms with van der Waals surface area (Å²) in [4.78, 5) is 0.